The molecule has 0 bridgehead atoms. The van der Waals surface area contributed by atoms with Gasteiger partial charge in [0.25, 0.3) is 20.3 Å². The molecule has 3 aliphatic rings. The van der Waals surface area contributed by atoms with E-state index in [2.05, 4.69) is 113 Å². The molecule has 61 heavy (non-hydrogen) atoms. The van der Waals surface area contributed by atoms with Crippen molar-refractivity contribution < 1.29 is 37.6 Å². The van der Waals surface area contributed by atoms with Gasteiger partial charge in [-0.15, -0.1) is 0 Å². The van der Waals surface area contributed by atoms with Gasteiger partial charge in [-0.3, -0.25) is 25.2 Å². The molecule has 2 amide bonds. The van der Waals surface area contributed by atoms with E-state index < -0.39 is 57.1 Å². The molecular formula is C44H65N6O8PS2. The molecule has 0 radical (unpaired) electrons. The third-order valence-electron chi connectivity index (χ3n) is 9.98. The van der Waals surface area contributed by atoms with Crippen LogP contribution in [0.2, 0.25) is 0 Å². The van der Waals surface area contributed by atoms with Crippen molar-refractivity contribution in [2.45, 2.75) is 146 Å². The normalized spacial score (nSPS) is 23.1. The van der Waals surface area contributed by atoms with Gasteiger partial charge >= 0.3 is 0 Å². The monoisotopic (exact) mass is 900 g/mol. The number of benzene rings is 2. The summed E-state index contributed by atoms with van der Waals surface area (Å²) in [6, 6.07) is 15.3. The van der Waals surface area contributed by atoms with Gasteiger partial charge in [0.05, 0.1) is 18.7 Å². The number of nitrogens with one attached hydrogen (secondary N) is 2. The molecule has 0 aromatic heterocycles. The summed E-state index contributed by atoms with van der Waals surface area (Å²) in [5, 5.41) is 5.36. The standard InChI is InChI=1S/C44H65N6O8PS2/c1-13-30(8)54-24-34-38(58-59(50(28(4)5)29(6)7)56-23-22-32-16-14-15-17-35(32)60-61-44(9,10)11)39(53-12)42(57-34)49-26-45-37-40(49)47-43(48-41(37)52)46-36(51)25-55-33-20-18-31(19-21-33)27(2)3/h14-21,26-29,34,37-40,42H,8,13,22-25H2,1-7,9-12H3,(H2,46,47,48,51,52). The van der Waals surface area contributed by atoms with Crippen molar-refractivity contribution >= 4 is 54.2 Å². The van der Waals surface area contributed by atoms with Crippen LogP contribution in [0, 0.1) is 0 Å². The molecule has 1 saturated heterocycles. The predicted molar refractivity (Wildman–Crippen MR) is 246 cm³/mol. The van der Waals surface area contributed by atoms with E-state index in [9.17, 15) is 9.59 Å². The summed E-state index contributed by atoms with van der Waals surface area (Å²) < 4.78 is 41.0. The molecule has 0 spiro atoms. The minimum absolute atomic E-state index is 0.0113. The van der Waals surface area contributed by atoms with Crippen molar-refractivity contribution in [3.8, 4) is 5.75 Å². The van der Waals surface area contributed by atoms with Crippen molar-refractivity contribution in [1.82, 2.24) is 20.2 Å². The number of fused-ring (bicyclic) bond motifs is 1. The lowest BCUT2D eigenvalue weighted by Crippen LogP contribution is -2.59. The van der Waals surface area contributed by atoms with Crippen molar-refractivity contribution in [3.05, 3.63) is 72.0 Å². The molecule has 7 atom stereocenters. The van der Waals surface area contributed by atoms with Crippen LogP contribution in [-0.2, 0) is 39.3 Å². The number of nitrogens with zero attached hydrogens (tertiary/aromatic N) is 4. The summed E-state index contributed by atoms with van der Waals surface area (Å²) in [6.45, 7) is 25.7. The first-order valence-electron chi connectivity index (χ1n) is 21.0. The van der Waals surface area contributed by atoms with Crippen molar-refractivity contribution in [1.29, 1.82) is 0 Å². The first-order valence-corrected chi connectivity index (χ1v) is 24.3. The van der Waals surface area contributed by atoms with Gasteiger partial charge in [0.1, 0.15) is 30.7 Å². The van der Waals surface area contributed by atoms with Gasteiger partial charge in [-0.2, -0.15) is 0 Å². The fourth-order valence-electron chi connectivity index (χ4n) is 6.88. The number of amides is 2. The number of guanidine groups is 1. The molecule has 7 unspecified atom stereocenters. The van der Waals surface area contributed by atoms with Crippen LogP contribution in [0.4, 0.5) is 0 Å². The SMILES string of the molecule is C=C(CC)OCC1OC(N2C=NC3C(=O)NC(NC(=O)COc4ccc(C(C)C)cc4)=NC32)C(OC)C1OP(OCCc1ccccc1SSC(C)(C)C)N(C(C)C)C(C)C. The van der Waals surface area contributed by atoms with Gasteiger partial charge in [0.15, 0.2) is 25.0 Å². The number of carbonyl (C=O) groups is 2. The first-order chi connectivity index (χ1) is 29.0. The van der Waals surface area contributed by atoms with Gasteiger partial charge < -0.3 is 32.9 Å². The highest BCUT2D eigenvalue weighted by atomic mass is 33.1. The van der Waals surface area contributed by atoms with E-state index in [1.807, 2.05) is 42.0 Å². The molecule has 336 valence electrons. The summed E-state index contributed by atoms with van der Waals surface area (Å²) in [7, 11) is 3.58. The zero-order valence-corrected chi connectivity index (χ0v) is 40.0. The van der Waals surface area contributed by atoms with E-state index in [0.717, 1.165) is 0 Å². The van der Waals surface area contributed by atoms with E-state index in [1.165, 1.54) is 16.0 Å². The summed E-state index contributed by atoms with van der Waals surface area (Å²) >= 11 is 0. The smallest absolute Gasteiger partial charge is 0.264 e. The minimum Gasteiger partial charge on any atom is -0.496 e. The fraction of sp³-hybridized carbons (Fsp3) is 0.591. The number of carbonyl (C=O) groups excluding carboxylic acids is 2. The maximum atomic E-state index is 13.4. The molecule has 14 nitrogen and oxygen atoms in total. The van der Waals surface area contributed by atoms with E-state index in [4.69, 9.17) is 33.0 Å². The van der Waals surface area contributed by atoms with Crippen molar-refractivity contribution in [2.24, 2.45) is 9.98 Å². The van der Waals surface area contributed by atoms with Crippen LogP contribution >= 0.6 is 30.1 Å². The molecule has 2 aromatic rings. The molecule has 5 rings (SSSR count). The second kappa shape index (κ2) is 22.4. The summed E-state index contributed by atoms with van der Waals surface area (Å²) in [5.74, 6) is 0.626. The van der Waals surface area contributed by atoms with E-state index >= 15 is 0 Å². The Morgan fingerprint density at radius 3 is 2.41 bits per heavy atom. The second-order valence-corrected chi connectivity index (χ2v) is 21.3. The molecule has 17 heteroatoms. The van der Waals surface area contributed by atoms with Crippen LogP contribution in [0.15, 0.2) is 75.7 Å². The Morgan fingerprint density at radius 2 is 1.77 bits per heavy atom. The Kier molecular flexibility index (Phi) is 17.9. The zero-order chi connectivity index (χ0) is 44.4. The van der Waals surface area contributed by atoms with Crippen LogP contribution < -0.4 is 15.4 Å². The number of allylic oxidation sites excluding steroid dienone is 1. The molecule has 2 N–H and O–H groups in total. The van der Waals surface area contributed by atoms with E-state index in [1.54, 1.807) is 29.1 Å². The lowest BCUT2D eigenvalue weighted by Gasteiger charge is -2.38. The Labute approximate surface area is 371 Å². The predicted octanol–water partition coefficient (Wildman–Crippen LogP) is 8.04. The van der Waals surface area contributed by atoms with Gasteiger partial charge in [0.2, 0.25) is 5.96 Å². The van der Waals surface area contributed by atoms with Gasteiger partial charge in [-0.1, -0.05) is 100 Å². The van der Waals surface area contributed by atoms with Crippen LogP contribution in [0.25, 0.3) is 0 Å². The molecular weight excluding hydrogens is 836 g/mol. The Hall–Kier alpha value is -3.21. The fourth-order valence-corrected chi connectivity index (χ4v) is 10.9. The molecule has 0 saturated carbocycles. The molecule has 3 aliphatic heterocycles. The second-order valence-electron chi connectivity index (χ2n) is 16.9. The average molecular weight is 901 g/mol. The third kappa shape index (κ3) is 13.4. The highest BCUT2D eigenvalue weighted by molar-refractivity contribution is 8.77. The lowest BCUT2D eigenvalue weighted by molar-refractivity contribution is -0.124. The largest absolute Gasteiger partial charge is 0.496 e. The zero-order valence-electron chi connectivity index (χ0n) is 37.5. The summed E-state index contributed by atoms with van der Waals surface area (Å²) in [5.41, 5.74) is 2.38. The molecule has 3 heterocycles. The summed E-state index contributed by atoms with van der Waals surface area (Å²) in [4.78, 5) is 38.6. The minimum atomic E-state index is -1.65. The van der Waals surface area contributed by atoms with Gasteiger partial charge in [-0.25, -0.2) is 9.66 Å². The topological polar surface area (TPSA) is 145 Å². The average Bonchev–Trinajstić information content (AvgIpc) is 3.79. The Bertz CT molecular complexity index is 1840. The van der Waals surface area contributed by atoms with Gasteiger partial charge in [0, 0.05) is 35.3 Å². The Morgan fingerprint density at radius 1 is 1.07 bits per heavy atom. The summed E-state index contributed by atoms with van der Waals surface area (Å²) in [6.07, 6.45) is -0.741. The maximum absolute atomic E-state index is 13.4. The lowest BCUT2D eigenvalue weighted by atomic mass is 10.0. The van der Waals surface area contributed by atoms with E-state index in [-0.39, 0.29) is 36.0 Å². The highest BCUT2D eigenvalue weighted by Crippen LogP contribution is 2.50. The number of methoxy groups -OCH3 is 1. The molecule has 2 aromatic carbocycles. The Balaban J connectivity index is 1.35. The quantitative estimate of drug-likeness (QED) is 0.0711. The van der Waals surface area contributed by atoms with E-state index in [0.29, 0.717) is 36.9 Å². The molecule has 0 aliphatic carbocycles. The van der Waals surface area contributed by atoms with Crippen molar-refractivity contribution in [2.75, 3.05) is 26.9 Å². The highest BCUT2D eigenvalue weighted by Gasteiger charge is 2.54. The number of ether oxygens (including phenoxy) is 4. The van der Waals surface area contributed by atoms with Crippen molar-refractivity contribution in [3.63, 3.8) is 0 Å². The number of aliphatic imine (C=N–C) groups is 2. The van der Waals surface area contributed by atoms with Gasteiger partial charge in [-0.05, 0) is 69.4 Å². The molecule has 1 fully saturated rings. The number of hydrogen-bond acceptors (Lipinski definition) is 14. The number of hydrogen-bond donors (Lipinski definition) is 2. The first kappa shape index (κ1) is 48.8. The van der Waals surface area contributed by atoms with Crippen LogP contribution in [0.3, 0.4) is 0 Å². The van der Waals surface area contributed by atoms with Crippen LogP contribution in [0.1, 0.15) is 92.7 Å². The third-order valence-corrected chi connectivity index (χ3v) is 15.6. The van der Waals surface area contributed by atoms with Crippen LogP contribution in [0.5, 0.6) is 5.75 Å². The maximum Gasteiger partial charge on any atom is 0.264 e. The van der Waals surface area contributed by atoms with Crippen LogP contribution in [-0.4, -0.2) is 114 Å². The number of rotatable bonds is 21.